The molecule has 1 heterocycles. The van der Waals surface area contributed by atoms with Crippen molar-refractivity contribution in [3.05, 3.63) is 76.1 Å². The van der Waals surface area contributed by atoms with Crippen LogP contribution in [0.3, 0.4) is 0 Å². The van der Waals surface area contributed by atoms with Crippen LogP contribution in [0, 0.1) is 11.3 Å². The molecule has 1 amide bonds. The van der Waals surface area contributed by atoms with Crippen LogP contribution in [0.1, 0.15) is 15.9 Å². The molecule has 0 bridgehead atoms. The quantitative estimate of drug-likeness (QED) is 0.629. The highest BCUT2D eigenvalue weighted by Crippen LogP contribution is 2.31. The maximum absolute atomic E-state index is 13.2. The van der Waals surface area contributed by atoms with E-state index in [2.05, 4.69) is 5.32 Å². The van der Waals surface area contributed by atoms with Crippen molar-refractivity contribution in [2.75, 3.05) is 24.4 Å². The number of hydrogen-bond donors (Lipinski definition) is 2. The van der Waals surface area contributed by atoms with Crippen LogP contribution < -0.4 is 21.3 Å². The molecule has 0 spiro atoms. The van der Waals surface area contributed by atoms with Gasteiger partial charge in [0.15, 0.2) is 0 Å². The molecule has 0 aliphatic rings. The molecule has 146 valence electrons. The highest BCUT2D eigenvalue weighted by molar-refractivity contribution is 7.98. The van der Waals surface area contributed by atoms with Crippen LogP contribution in [0.2, 0.25) is 0 Å². The van der Waals surface area contributed by atoms with Gasteiger partial charge in [-0.2, -0.15) is 5.26 Å². The number of thioether (sulfide) groups is 1. The fraction of sp³-hybridized carbons (Fsp3) is 0.0952. The number of ether oxygens (including phenoxy) is 1. The largest absolute Gasteiger partial charge is 0.495 e. The van der Waals surface area contributed by atoms with Gasteiger partial charge in [0.05, 0.1) is 24.0 Å². The normalized spacial score (nSPS) is 10.2. The van der Waals surface area contributed by atoms with Crippen LogP contribution in [0.15, 0.2) is 64.3 Å². The van der Waals surface area contributed by atoms with Crippen molar-refractivity contribution in [3.8, 4) is 17.5 Å². The van der Waals surface area contributed by atoms with Crippen molar-refractivity contribution in [2.24, 2.45) is 0 Å². The second-order valence-electron chi connectivity index (χ2n) is 5.91. The minimum atomic E-state index is -0.575. The van der Waals surface area contributed by atoms with E-state index in [9.17, 15) is 14.9 Å². The zero-order valence-electron chi connectivity index (χ0n) is 15.8. The minimum Gasteiger partial charge on any atom is -0.495 e. The maximum atomic E-state index is 13.2. The van der Waals surface area contributed by atoms with Gasteiger partial charge in [-0.15, -0.1) is 11.8 Å². The number of hydrogen-bond acceptors (Lipinski definition) is 6. The number of pyridine rings is 1. The lowest BCUT2D eigenvalue weighted by molar-refractivity contribution is 0.102. The number of nitriles is 1. The molecule has 3 rings (SSSR count). The lowest BCUT2D eigenvalue weighted by Gasteiger charge is -2.18. The molecule has 29 heavy (non-hydrogen) atoms. The Bertz CT molecular complexity index is 1170. The van der Waals surface area contributed by atoms with Gasteiger partial charge in [0.1, 0.15) is 23.2 Å². The van der Waals surface area contributed by atoms with Gasteiger partial charge in [-0.3, -0.25) is 14.2 Å². The molecule has 7 nitrogen and oxygen atoms in total. The van der Waals surface area contributed by atoms with Gasteiger partial charge in [-0.25, -0.2) is 0 Å². The van der Waals surface area contributed by atoms with Crippen LogP contribution in [0.5, 0.6) is 5.75 Å². The highest BCUT2D eigenvalue weighted by Gasteiger charge is 2.26. The van der Waals surface area contributed by atoms with Crippen molar-refractivity contribution in [1.29, 1.82) is 5.26 Å². The smallest absolute Gasteiger partial charge is 0.275 e. The monoisotopic (exact) mass is 406 g/mol. The van der Waals surface area contributed by atoms with Crippen molar-refractivity contribution in [3.63, 3.8) is 0 Å². The van der Waals surface area contributed by atoms with Crippen LogP contribution in [0.25, 0.3) is 5.69 Å². The Morgan fingerprint density at radius 1 is 1.17 bits per heavy atom. The summed E-state index contributed by atoms with van der Waals surface area (Å²) < 4.78 is 6.44. The molecule has 0 fully saturated rings. The Hall–Kier alpha value is -3.70. The number of benzene rings is 2. The zero-order chi connectivity index (χ0) is 21.0. The van der Waals surface area contributed by atoms with E-state index >= 15 is 0 Å². The van der Waals surface area contributed by atoms with E-state index in [0.29, 0.717) is 17.1 Å². The van der Waals surface area contributed by atoms with Crippen molar-refractivity contribution in [1.82, 2.24) is 4.57 Å². The number of carbonyl (C=O) groups excluding carboxylic acids is 1. The summed E-state index contributed by atoms with van der Waals surface area (Å²) in [6, 6.07) is 17.5. The molecule has 0 saturated carbocycles. The number of carbonyl (C=O) groups is 1. The first-order chi connectivity index (χ1) is 14.0. The van der Waals surface area contributed by atoms with Gasteiger partial charge < -0.3 is 15.8 Å². The molecule has 3 aromatic rings. The SMILES string of the molecule is COc1ccccc1NC(=O)c1c(SC)c(C#N)c(=O)n(-c2ccccc2)c1N. The molecule has 0 unspecified atom stereocenters. The number of nitrogens with two attached hydrogens (primary N) is 1. The fourth-order valence-corrected chi connectivity index (χ4v) is 3.70. The van der Waals surface area contributed by atoms with Crippen LogP contribution in [-0.4, -0.2) is 23.8 Å². The zero-order valence-corrected chi connectivity index (χ0v) is 16.6. The van der Waals surface area contributed by atoms with Gasteiger partial charge in [0.25, 0.3) is 11.5 Å². The molecule has 3 N–H and O–H groups in total. The fourth-order valence-electron chi connectivity index (χ4n) is 2.96. The lowest BCUT2D eigenvalue weighted by atomic mass is 10.1. The Morgan fingerprint density at radius 3 is 2.45 bits per heavy atom. The minimum absolute atomic E-state index is 0.0445. The summed E-state index contributed by atoms with van der Waals surface area (Å²) in [6.45, 7) is 0. The number of aromatic nitrogens is 1. The molecule has 0 radical (unpaired) electrons. The van der Waals surface area contributed by atoms with E-state index < -0.39 is 11.5 Å². The van der Waals surface area contributed by atoms with Crippen molar-refractivity contribution >= 4 is 29.2 Å². The topological polar surface area (TPSA) is 110 Å². The summed E-state index contributed by atoms with van der Waals surface area (Å²) >= 11 is 1.12. The third-order valence-electron chi connectivity index (χ3n) is 4.28. The number of anilines is 2. The second-order valence-corrected chi connectivity index (χ2v) is 6.73. The van der Waals surface area contributed by atoms with Crippen LogP contribution in [-0.2, 0) is 0 Å². The van der Waals surface area contributed by atoms with E-state index in [0.717, 1.165) is 11.8 Å². The third kappa shape index (κ3) is 3.68. The predicted molar refractivity (Wildman–Crippen MR) is 114 cm³/mol. The molecule has 1 aromatic heterocycles. The number of nitrogen functional groups attached to an aromatic ring is 1. The molecule has 2 aromatic carbocycles. The van der Waals surface area contributed by atoms with Gasteiger partial charge >= 0.3 is 0 Å². The summed E-state index contributed by atoms with van der Waals surface area (Å²) in [7, 11) is 1.50. The molecular weight excluding hydrogens is 388 g/mol. The number of para-hydroxylation sites is 3. The standard InChI is InChI=1S/C21H18N4O3S/c1-28-16-11-7-6-10-15(16)24-20(26)17-18(29-2)14(12-22)21(27)25(19(17)23)13-8-4-3-5-9-13/h3-11H,23H2,1-2H3,(H,24,26). The summed E-state index contributed by atoms with van der Waals surface area (Å²) in [4.78, 5) is 26.3. The van der Waals surface area contributed by atoms with Crippen LogP contribution >= 0.6 is 11.8 Å². The summed E-state index contributed by atoms with van der Waals surface area (Å²) in [5.41, 5.74) is 6.55. The molecule has 0 saturated heterocycles. The second kappa shape index (κ2) is 8.54. The first kappa shape index (κ1) is 20.0. The van der Waals surface area contributed by atoms with Gasteiger partial charge in [-0.1, -0.05) is 30.3 Å². The van der Waals surface area contributed by atoms with E-state index in [4.69, 9.17) is 10.5 Å². The number of methoxy groups -OCH3 is 1. The average molecular weight is 406 g/mol. The van der Waals surface area contributed by atoms with E-state index in [1.54, 1.807) is 60.9 Å². The van der Waals surface area contributed by atoms with Crippen LogP contribution in [0.4, 0.5) is 11.5 Å². The summed E-state index contributed by atoms with van der Waals surface area (Å²) in [6.07, 6.45) is 1.68. The highest BCUT2D eigenvalue weighted by atomic mass is 32.2. The number of rotatable bonds is 5. The molecule has 0 aliphatic carbocycles. The van der Waals surface area contributed by atoms with Crippen molar-refractivity contribution < 1.29 is 9.53 Å². The molecule has 0 aliphatic heterocycles. The predicted octanol–water partition coefficient (Wildman–Crippen LogP) is 3.27. The van der Waals surface area contributed by atoms with E-state index in [-0.39, 0.29) is 21.8 Å². The third-order valence-corrected chi connectivity index (χ3v) is 5.10. The van der Waals surface area contributed by atoms with Crippen molar-refractivity contribution in [2.45, 2.75) is 4.90 Å². The Kier molecular flexibility index (Phi) is 5.90. The van der Waals surface area contributed by atoms with Gasteiger partial charge in [-0.05, 0) is 30.5 Å². The Morgan fingerprint density at radius 2 is 1.83 bits per heavy atom. The first-order valence-electron chi connectivity index (χ1n) is 8.55. The number of amides is 1. The summed E-state index contributed by atoms with van der Waals surface area (Å²) in [5.74, 6) is -0.114. The Balaban J connectivity index is 2.24. The van der Waals surface area contributed by atoms with E-state index in [1.165, 1.54) is 11.7 Å². The molecule has 0 atom stereocenters. The maximum Gasteiger partial charge on any atom is 0.275 e. The van der Waals surface area contributed by atoms with E-state index in [1.807, 2.05) is 6.07 Å². The molecule has 8 heteroatoms. The Labute approximate surface area is 171 Å². The lowest BCUT2D eigenvalue weighted by Crippen LogP contribution is -2.29. The average Bonchev–Trinajstić information content (AvgIpc) is 2.74. The number of nitrogens with one attached hydrogen (secondary N) is 1. The first-order valence-corrected chi connectivity index (χ1v) is 9.78. The number of nitrogens with zero attached hydrogens (tertiary/aromatic N) is 2. The van der Waals surface area contributed by atoms with Gasteiger partial charge in [0.2, 0.25) is 0 Å². The van der Waals surface area contributed by atoms with Gasteiger partial charge in [0, 0.05) is 4.90 Å². The molecular formula is C21H18N4O3S. The summed E-state index contributed by atoms with van der Waals surface area (Å²) in [5, 5.41) is 12.4.